The summed E-state index contributed by atoms with van der Waals surface area (Å²) in [5, 5.41) is 13.3. The topological polar surface area (TPSA) is 81.3 Å². The molecule has 2 heterocycles. The molecule has 0 aliphatic carbocycles. The summed E-state index contributed by atoms with van der Waals surface area (Å²) in [5.41, 5.74) is 2.01. The first-order valence-electron chi connectivity index (χ1n) is 9.95. The molecule has 1 atom stereocenters. The third-order valence-electron chi connectivity index (χ3n) is 5.22. The summed E-state index contributed by atoms with van der Waals surface area (Å²) in [4.78, 5) is 25.5. The Morgan fingerprint density at radius 2 is 1.94 bits per heavy atom. The predicted octanol–water partition coefficient (Wildman–Crippen LogP) is 4.06. The third-order valence-corrected chi connectivity index (χ3v) is 6.48. The first-order chi connectivity index (χ1) is 14.9. The quantitative estimate of drug-likeness (QED) is 0.443. The fourth-order valence-electron chi connectivity index (χ4n) is 3.23. The zero-order valence-corrected chi connectivity index (χ0v) is 19.0. The van der Waals surface area contributed by atoms with Crippen molar-refractivity contribution >= 4 is 46.0 Å². The van der Waals surface area contributed by atoms with E-state index in [4.69, 9.17) is 11.6 Å². The number of nitrogens with one attached hydrogen (secondary N) is 1. The summed E-state index contributed by atoms with van der Waals surface area (Å²) in [6.07, 6.45) is 0.834. The summed E-state index contributed by atoms with van der Waals surface area (Å²) < 4.78 is 3.30. The van der Waals surface area contributed by atoms with E-state index >= 15 is 0 Å². The van der Waals surface area contributed by atoms with Gasteiger partial charge < -0.3 is 5.32 Å². The lowest BCUT2D eigenvalue weighted by Gasteiger charge is -2.13. The van der Waals surface area contributed by atoms with Crippen LogP contribution in [0.4, 0.5) is 0 Å². The average molecular weight is 456 g/mol. The molecule has 0 bridgehead atoms. The Balaban J connectivity index is 1.79. The van der Waals surface area contributed by atoms with Crippen LogP contribution < -0.4 is 10.9 Å². The van der Waals surface area contributed by atoms with Crippen LogP contribution in [-0.2, 0) is 12.8 Å². The average Bonchev–Trinajstić information content (AvgIpc) is 3.21. The smallest absolute Gasteiger partial charge is 0.262 e. The van der Waals surface area contributed by atoms with Crippen LogP contribution in [0.3, 0.4) is 0 Å². The minimum absolute atomic E-state index is 0.0623. The van der Waals surface area contributed by atoms with Gasteiger partial charge in [0, 0.05) is 29.4 Å². The Bertz CT molecular complexity index is 1330. The number of benzene rings is 2. The first kappa shape index (κ1) is 21.4. The van der Waals surface area contributed by atoms with Gasteiger partial charge in [-0.05, 0) is 49.2 Å². The number of nitrogens with zero attached hydrogens (tertiary/aromatic N) is 4. The highest BCUT2D eigenvalue weighted by Gasteiger charge is 2.17. The molecular formula is C22H22ClN5O2S. The van der Waals surface area contributed by atoms with Crippen molar-refractivity contribution < 1.29 is 4.79 Å². The molecule has 9 heteroatoms. The van der Waals surface area contributed by atoms with Gasteiger partial charge in [0.1, 0.15) is 0 Å². The van der Waals surface area contributed by atoms with Crippen molar-refractivity contribution in [2.24, 2.45) is 7.05 Å². The SMILES string of the molecule is CC[C@H](C)NC(=O)c1ccc2c(=O)n(C)c3nnc(SCc4ccc(Cl)cc4)n3c2c1. The lowest BCUT2D eigenvalue weighted by Crippen LogP contribution is -2.32. The number of halogens is 1. The van der Waals surface area contributed by atoms with Gasteiger partial charge in [0.2, 0.25) is 5.78 Å². The molecule has 0 spiro atoms. The number of fused-ring (bicyclic) bond motifs is 3. The summed E-state index contributed by atoms with van der Waals surface area (Å²) >= 11 is 7.47. The van der Waals surface area contributed by atoms with Gasteiger partial charge in [-0.3, -0.25) is 18.6 Å². The Morgan fingerprint density at radius 3 is 2.65 bits per heavy atom. The van der Waals surface area contributed by atoms with E-state index < -0.39 is 0 Å². The van der Waals surface area contributed by atoms with E-state index in [2.05, 4.69) is 15.5 Å². The van der Waals surface area contributed by atoms with Crippen molar-refractivity contribution in [1.29, 1.82) is 0 Å². The van der Waals surface area contributed by atoms with Crippen LogP contribution in [0.5, 0.6) is 0 Å². The van der Waals surface area contributed by atoms with Gasteiger partial charge in [-0.15, -0.1) is 10.2 Å². The van der Waals surface area contributed by atoms with Gasteiger partial charge in [-0.25, -0.2) is 0 Å². The van der Waals surface area contributed by atoms with Gasteiger partial charge in [-0.2, -0.15) is 0 Å². The maximum atomic E-state index is 12.8. The molecule has 0 saturated heterocycles. The largest absolute Gasteiger partial charge is 0.350 e. The molecule has 7 nitrogen and oxygen atoms in total. The predicted molar refractivity (Wildman–Crippen MR) is 124 cm³/mol. The molecule has 2 aromatic heterocycles. The van der Waals surface area contributed by atoms with Crippen LogP contribution in [0.15, 0.2) is 52.4 Å². The van der Waals surface area contributed by atoms with E-state index in [1.165, 1.54) is 16.3 Å². The number of aromatic nitrogens is 4. The molecule has 160 valence electrons. The molecule has 0 aliphatic heterocycles. The zero-order valence-electron chi connectivity index (χ0n) is 17.4. The summed E-state index contributed by atoms with van der Waals surface area (Å²) in [6.45, 7) is 3.97. The minimum Gasteiger partial charge on any atom is -0.350 e. The van der Waals surface area contributed by atoms with Crippen molar-refractivity contribution in [3.63, 3.8) is 0 Å². The summed E-state index contributed by atoms with van der Waals surface area (Å²) in [6, 6.07) is 12.8. The molecule has 4 rings (SSSR count). The van der Waals surface area contributed by atoms with Gasteiger partial charge in [0.05, 0.1) is 10.9 Å². The number of carbonyl (C=O) groups excluding carboxylic acids is 1. The van der Waals surface area contributed by atoms with Crippen LogP contribution in [-0.4, -0.2) is 31.1 Å². The Kier molecular flexibility index (Phi) is 6.02. The first-order valence-corrected chi connectivity index (χ1v) is 11.3. The molecule has 1 N–H and O–H groups in total. The van der Waals surface area contributed by atoms with E-state index in [0.717, 1.165) is 12.0 Å². The van der Waals surface area contributed by atoms with E-state index in [1.807, 2.05) is 42.5 Å². The Labute approximate surface area is 188 Å². The molecule has 0 radical (unpaired) electrons. The second-order valence-corrected chi connectivity index (χ2v) is 8.79. The number of carbonyl (C=O) groups is 1. The highest BCUT2D eigenvalue weighted by atomic mass is 35.5. The number of hydrogen-bond acceptors (Lipinski definition) is 5. The molecular weight excluding hydrogens is 434 g/mol. The summed E-state index contributed by atoms with van der Waals surface area (Å²) in [7, 11) is 1.67. The van der Waals surface area contributed by atoms with Gasteiger partial charge >= 0.3 is 0 Å². The fraction of sp³-hybridized carbons (Fsp3) is 0.273. The number of amides is 1. The number of aryl methyl sites for hydroxylation is 1. The molecule has 31 heavy (non-hydrogen) atoms. The van der Waals surface area contributed by atoms with Gasteiger partial charge in [0.25, 0.3) is 11.5 Å². The Hall–Kier alpha value is -2.84. The van der Waals surface area contributed by atoms with E-state index in [1.54, 1.807) is 25.2 Å². The van der Waals surface area contributed by atoms with Crippen molar-refractivity contribution in [3.05, 3.63) is 69.0 Å². The standard InChI is InChI=1S/C22H22ClN5O2S/c1-4-13(2)24-19(29)15-7-10-17-18(11-15)28-21(27(3)20(17)30)25-26-22(28)31-12-14-5-8-16(23)9-6-14/h5-11,13H,4,12H2,1-3H3,(H,24,29)/t13-/m0/s1. The molecule has 4 aromatic rings. The van der Waals surface area contributed by atoms with E-state index in [0.29, 0.717) is 38.2 Å². The molecule has 0 aliphatic rings. The fourth-order valence-corrected chi connectivity index (χ4v) is 4.25. The highest BCUT2D eigenvalue weighted by Crippen LogP contribution is 2.25. The van der Waals surface area contributed by atoms with Gasteiger partial charge in [0.15, 0.2) is 5.16 Å². The lowest BCUT2D eigenvalue weighted by atomic mass is 10.1. The van der Waals surface area contributed by atoms with Crippen molar-refractivity contribution in [3.8, 4) is 0 Å². The van der Waals surface area contributed by atoms with Gasteiger partial charge in [-0.1, -0.05) is 42.4 Å². The molecule has 1 amide bonds. The molecule has 2 aromatic carbocycles. The van der Waals surface area contributed by atoms with Crippen molar-refractivity contribution in [2.75, 3.05) is 0 Å². The van der Waals surface area contributed by atoms with Crippen molar-refractivity contribution in [1.82, 2.24) is 24.5 Å². The van der Waals surface area contributed by atoms with Crippen LogP contribution in [0.1, 0.15) is 36.2 Å². The normalized spacial score (nSPS) is 12.4. The van der Waals surface area contributed by atoms with E-state index in [-0.39, 0.29) is 17.5 Å². The maximum absolute atomic E-state index is 12.8. The zero-order chi connectivity index (χ0) is 22.1. The lowest BCUT2D eigenvalue weighted by molar-refractivity contribution is 0.0939. The monoisotopic (exact) mass is 455 g/mol. The number of thioether (sulfide) groups is 1. The van der Waals surface area contributed by atoms with Crippen LogP contribution in [0.25, 0.3) is 16.7 Å². The molecule has 0 unspecified atom stereocenters. The molecule has 0 saturated carbocycles. The molecule has 0 fully saturated rings. The van der Waals surface area contributed by atoms with E-state index in [9.17, 15) is 9.59 Å². The second-order valence-electron chi connectivity index (χ2n) is 7.41. The highest BCUT2D eigenvalue weighted by molar-refractivity contribution is 7.98. The summed E-state index contributed by atoms with van der Waals surface area (Å²) in [5.74, 6) is 0.917. The maximum Gasteiger partial charge on any atom is 0.262 e. The van der Waals surface area contributed by atoms with Crippen LogP contribution in [0, 0.1) is 0 Å². The minimum atomic E-state index is -0.182. The van der Waals surface area contributed by atoms with Crippen LogP contribution >= 0.6 is 23.4 Å². The Morgan fingerprint density at radius 1 is 1.19 bits per heavy atom. The number of hydrogen-bond donors (Lipinski definition) is 1. The van der Waals surface area contributed by atoms with Crippen LogP contribution in [0.2, 0.25) is 5.02 Å². The third kappa shape index (κ3) is 4.18. The number of rotatable bonds is 6. The van der Waals surface area contributed by atoms with Crippen molar-refractivity contribution in [2.45, 2.75) is 37.2 Å². The second kappa shape index (κ2) is 8.72.